The Bertz CT molecular complexity index is 1610. The number of unbranched alkanes of at least 4 members (excludes halogenated alkanes) is 2. The van der Waals surface area contributed by atoms with E-state index in [-0.39, 0.29) is 24.2 Å². The molecule has 0 bridgehead atoms. The van der Waals surface area contributed by atoms with Gasteiger partial charge in [-0.3, -0.25) is 19.3 Å². The molecule has 1 aromatic carbocycles. The van der Waals surface area contributed by atoms with Gasteiger partial charge in [-0.1, -0.05) is 44.9 Å². The molecule has 2 aromatic heterocycles. The van der Waals surface area contributed by atoms with Crippen LogP contribution in [0.1, 0.15) is 62.6 Å². The van der Waals surface area contributed by atoms with Crippen molar-refractivity contribution in [2.75, 3.05) is 90.0 Å². The van der Waals surface area contributed by atoms with Crippen LogP contribution in [0.4, 0.5) is 11.8 Å². The van der Waals surface area contributed by atoms with Crippen LogP contribution < -0.4 is 16.4 Å². The van der Waals surface area contributed by atoms with Crippen molar-refractivity contribution in [2.24, 2.45) is 5.92 Å². The summed E-state index contributed by atoms with van der Waals surface area (Å²) in [4.78, 5) is 48.5. The highest BCUT2D eigenvalue weighted by molar-refractivity contribution is 5.87. The highest BCUT2D eigenvalue weighted by Crippen LogP contribution is 2.25. The second-order valence-electron chi connectivity index (χ2n) is 13.5. The first-order valence-electron chi connectivity index (χ1n) is 18.8. The van der Waals surface area contributed by atoms with Gasteiger partial charge in [0.25, 0.3) is 0 Å². The van der Waals surface area contributed by atoms with E-state index in [0.29, 0.717) is 72.2 Å². The molecular weight excluding hydrogens is 680 g/mol. The topological polar surface area (TPSA) is 186 Å². The summed E-state index contributed by atoms with van der Waals surface area (Å²) in [5.74, 6) is -0.861. The van der Waals surface area contributed by atoms with Gasteiger partial charge >= 0.3 is 5.97 Å². The lowest BCUT2D eigenvalue weighted by Gasteiger charge is -2.35. The Kier molecular flexibility index (Phi) is 17.2. The van der Waals surface area contributed by atoms with E-state index in [1.54, 1.807) is 0 Å². The molecule has 15 nitrogen and oxygen atoms in total. The fourth-order valence-electron chi connectivity index (χ4n) is 6.15. The number of hydrogen-bond donors (Lipinski definition) is 4. The van der Waals surface area contributed by atoms with Crippen molar-refractivity contribution in [3.05, 3.63) is 47.2 Å². The zero-order valence-corrected chi connectivity index (χ0v) is 31.6. The molecule has 3 aromatic rings. The molecular formula is C38H58N8O7. The number of ether oxygens (including phenoxy) is 3. The maximum absolute atomic E-state index is 12.8. The summed E-state index contributed by atoms with van der Waals surface area (Å²) < 4.78 is 18.7. The molecule has 1 aliphatic heterocycles. The Hall–Kier alpha value is -4.31. The van der Waals surface area contributed by atoms with Crippen LogP contribution in [0.15, 0.2) is 30.5 Å². The summed E-state index contributed by atoms with van der Waals surface area (Å²) in [7, 11) is 0. The molecule has 0 spiro atoms. The van der Waals surface area contributed by atoms with Crippen LogP contribution in [0.5, 0.6) is 0 Å². The van der Waals surface area contributed by atoms with E-state index in [2.05, 4.69) is 68.3 Å². The van der Waals surface area contributed by atoms with Crippen LogP contribution in [0.3, 0.4) is 0 Å². The number of aryl methyl sites for hydroxylation is 1. The standard InChI is InChI=1S/C38H58N8O7/c1-4-5-6-11-41-36-35-32(42-38(39)43-36)9-13-46(35)27-31-8-7-30(24-28(31)2)26-44-14-16-45(17-15-44)34(48)10-18-51-20-22-53-23-21-52-19-12-40-33(47)25-29(3)37(49)50/h7-9,13,24,29H,4-6,10-12,14-23,25-27H2,1-3H3,(H,40,47)(H,49,50)(H3,39,41,42,43). The number of carboxylic acids is 1. The number of hydrogen-bond acceptors (Lipinski definition) is 11. The Morgan fingerprint density at radius 2 is 1.64 bits per heavy atom. The molecule has 1 saturated heterocycles. The molecule has 3 heterocycles. The third-order valence-corrected chi connectivity index (χ3v) is 9.27. The van der Waals surface area contributed by atoms with Crippen LogP contribution in [-0.2, 0) is 41.7 Å². The number of nitrogens with zero attached hydrogens (tertiary/aromatic N) is 5. The number of amides is 2. The second kappa shape index (κ2) is 22.0. The van der Waals surface area contributed by atoms with Gasteiger partial charge in [0.05, 0.1) is 57.5 Å². The Balaban J connectivity index is 1.08. The average molecular weight is 739 g/mol. The zero-order valence-electron chi connectivity index (χ0n) is 31.6. The van der Waals surface area contributed by atoms with Gasteiger partial charge in [-0.15, -0.1) is 0 Å². The zero-order chi connectivity index (χ0) is 38.0. The van der Waals surface area contributed by atoms with Crippen LogP contribution in [-0.4, -0.2) is 126 Å². The summed E-state index contributed by atoms with van der Waals surface area (Å²) in [6.07, 6.45) is 5.74. The van der Waals surface area contributed by atoms with E-state index in [9.17, 15) is 14.4 Å². The van der Waals surface area contributed by atoms with Crippen molar-refractivity contribution < 1.29 is 33.7 Å². The summed E-state index contributed by atoms with van der Waals surface area (Å²) >= 11 is 0. The summed E-state index contributed by atoms with van der Waals surface area (Å²) in [6.45, 7) is 13.8. The lowest BCUT2D eigenvalue weighted by molar-refractivity contribution is -0.143. The summed E-state index contributed by atoms with van der Waals surface area (Å²) in [6, 6.07) is 8.67. The molecule has 2 amide bonds. The molecule has 5 N–H and O–H groups in total. The van der Waals surface area contributed by atoms with Crippen molar-refractivity contribution in [1.29, 1.82) is 0 Å². The van der Waals surface area contributed by atoms with Gasteiger partial charge in [0.1, 0.15) is 5.52 Å². The predicted molar refractivity (Wildman–Crippen MR) is 204 cm³/mol. The van der Waals surface area contributed by atoms with Gasteiger partial charge in [0.15, 0.2) is 5.82 Å². The van der Waals surface area contributed by atoms with Crippen molar-refractivity contribution in [3.8, 4) is 0 Å². The normalized spacial score (nSPS) is 14.1. The van der Waals surface area contributed by atoms with Gasteiger partial charge < -0.3 is 45.2 Å². The van der Waals surface area contributed by atoms with Crippen LogP contribution in [0, 0.1) is 12.8 Å². The van der Waals surface area contributed by atoms with Crippen LogP contribution >= 0.6 is 0 Å². The number of anilines is 2. The quantitative estimate of drug-likeness (QED) is 0.0985. The SMILES string of the molecule is CCCCCNc1nc(N)nc2ccn(Cc3ccc(CN4CCN(C(=O)CCOCCOCCOCCNC(=O)CC(C)C(=O)O)CC4)cc3C)c12. The van der Waals surface area contributed by atoms with Crippen molar-refractivity contribution in [2.45, 2.75) is 66.0 Å². The number of fused-ring (bicyclic) bond motifs is 1. The van der Waals surface area contributed by atoms with Crippen molar-refractivity contribution in [1.82, 2.24) is 29.7 Å². The van der Waals surface area contributed by atoms with E-state index in [0.717, 1.165) is 55.9 Å². The fourth-order valence-corrected chi connectivity index (χ4v) is 6.15. The van der Waals surface area contributed by atoms with Gasteiger partial charge in [-0.2, -0.15) is 4.98 Å². The molecule has 53 heavy (non-hydrogen) atoms. The van der Waals surface area contributed by atoms with E-state index in [1.807, 2.05) is 11.0 Å². The number of aliphatic carboxylic acids is 1. The highest BCUT2D eigenvalue weighted by Gasteiger charge is 2.21. The van der Waals surface area contributed by atoms with E-state index >= 15 is 0 Å². The maximum atomic E-state index is 12.8. The number of carboxylic acid groups (broad SMARTS) is 1. The minimum atomic E-state index is -0.994. The molecule has 4 rings (SSSR count). The molecule has 0 aliphatic carbocycles. The lowest BCUT2D eigenvalue weighted by Crippen LogP contribution is -2.48. The number of nitrogen functional groups attached to an aromatic ring is 1. The molecule has 15 heteroatoms. The second-order valence-corrected chi connectivity index (χ2v) is 13.5. The molecule has 1 unspecified atom stereocenters. The number of piperazine rings is 1. The summed E-state index contributed by atoms with van der Waals surface area (Å²) in [5.41, 5.74) is 11.5. The third kappa shape index (κ3) is 13.9. The Morgan fingerprint density at radius 1 is 0.925 bits per heavy atom. The fraction of sp³-hybridized carbons (Fsp3) is 0.605. The lowest BCUT2D eigenvalue weighted by atomic mass is 10.0. The predicted octanol–water partition coefficient (Wildman–Crippen LogP) is 3.28. The minimum absolute atomic E-state index is 0.0565. The number of nitrogens with one attached hydrogen (secondary N) is 2. The Morgan fingerprint density at radius 3 is 2.34 bits per heavy atom. The van der Waals surface area contributed by atoms with Gasteiger partial charge in [0, 0.05) is 65.0 Å². The average Bonchev–Trinajstić information content (AvgIpc) is 3.53. The number of carbonyl (C=O) groups is 3. The first-order chi connectivity index (χ1) is 25.6. The van der Waals surface area contributed by atoms with E-state index < -0.39 is 11.9 Å². The molecule has 1 aliphatic rings. The molecule has 1 atom stereocenters. The first kappa shape index (κ1) is 41.4. The summed E-state index contributed by atoms with van der Waals surface area (Å²) in [5, 5.41) is 14.9. The largest absolute Gasteiger partial charge is 0.481 e. The van der Waals surface area contributed by atoms with Crippen molar-refractivity contribution >= 4 is 40.6 Å². The first-order valence-corrected chi connectivity index (χ1v) is 18.8. The van der Waals surface area contributed by atoms with Gasteiger partial charge in [-0.05, 0) is 36.1 Å². The number of aromatic nitrogens is 3. The minimum Gasteiger partial charge on any atom is -0.481 e. The Labute approximate surface area is 312 Å². The third-order valence-electron chi connectivity index (χ3n) is 9.27. The highest BCUT2D eigenvalue weighted by atomic mass is 16.5. The maximum Gasteiger partial charge on any atom is 0.306 e. The smallest absolute Gasteiger partial charge is 0.306 e. The number of carbonyl (C=O) groups excluding carboxylic acids is 2. The van der Waals surface area contributed by atoms with Crippen LogP contribution in [0.2, 0.25) is 0 Å². The van der Waals surface area contributed by atoms with Crippen LogP contribution in [0.25, 0.3) is 11.0 Å². The van der Waals surface area contributed by atoms with Gasteiger partial charge in [0.2, 0.25) is 17.8 Å². The molecule has 0 radical (unpaired) electrons. The number of benzene rings is 1. The number of rotatable bonds is 24. The molecule has 1 fully saturated rings. The van der Waals surface area contributed by atoms with E-state index in [1.165, 1.54) is 30.0 Å². The molecule has 0 saturated carbocycles. The monoisotopic (exact) mass is 738 g/mol. The van der Waals surface area contributed by atoms with Crippen molar-refractivity contribution in [3.63, 3.8) is 0 Å². The number of nitrogens with two attached hydrogens (primary N) is 1. The van der Waals surface area contributed by atoms with Gasteiger partial charge in [-0.25, -0.2) is 4.98 Å². The van der Waals surface area contributed by atoms with E-state index in [4.69, 9.17) is 25.1 Å². The molecule has 292 valence electrons.